The predicted molar refractivity (Wildman–Crippen MR) is 51.7 cm³/mol. The smallest absolute Gasteiger partial charge is 0.164 e. The van der Waals surface area contributed by atoms with Gasteiger partial charge in [0.05, 0.1) is 4.90 Å². The first kappa shape index (κ1) is 8.45. The molecule has 0 unspecified atom stereocenters. The van der Waals surface area contributed by atoms with Crippen molar-refractivity contribution in [2.75, 3.05) is 6.26 Å². The number of hydrogen-bond donors (Lipinski definition) is 0. The molecule has 0 spiro atoms. The minimum atomic E-state index is 0.642. The van der Waals surface area contributed by atoms with Gasteiger partial charge in [-0.3, -0.25) is 4.68 Å². The molecule has 1 aliphatic carbocycles. The molecule has 2 nitrogen and oxygen atoms in total. The van der Waals surface area contributed by atoms with E-state index in [1.165, 1.54) is 12.8 Å². The zero-order valence-corrected chi connectivity index (χ0v) is 8.53. The Balaban J connectivity index is 2.10. The van der Waals surface area contributed by atoms with Crippen molar-refractivity contribution < 1.29 is 0 Å². The van der Waals surface area contributed by atoms with Crippen molar-refractivity contribution >= 4 is 23.4 Å². The molecule has 1 aliphatic rings. The summed E-state index contributed by atoms with van der Waals surface area (Å²) in [5.74, 6) is 0.857. The summed E-state index contributed by atoms with van der Waals surface area (Å²) in [7, 11) is 0. The summed E-state index contributed by atoms with van der Waals surface area (Å²) in [6, 6.07) is 0. The normalized spacial score (nSPS) is 16.8. The largest absolute Gasteiger partial charge is 0.270 e. The maximum Gasteiger partial charge on any atom is 0.164 e. The van der Waals surface area contributed by atoms with E-state index < -0.39 is 0 Å². The first-order valence-electron chi connectivity index (χ1n) is 4.06. The number of aromatic nitrogens is 2. The molecule has 0 aromatic carbocycles. The number of nitrogens with zero attached hydrogens (tertiary/aromatic N) is 2. The van der Waals surface area contributed by atoms with Crippen LogP contribution in [0.5, 0.6) is 0 Å². The fourth-order valence-corrected chi connectivity index (χ4v) is 1.99. The van der Waals surface area contributed by atoms with Crippen LogP contribution >= 0.6 is 23.4 Å². The highest BCUT2D eigenvalue weighted by atomic mass is 35.5. The lowest BCUT2D eigenvalue weighted by atomic mass is 10.4. The van der Waals surface area contributed by atoms with Gasteiger partial charge in [-0.25, -0.2) is 0 Å². The fraction of sp³-hybridized carbons (Fsp3) is 0.625. The summed E-state index contributed by atoms with van der Waals surface area (Å²) in [5, 5.41) is 4.86. The Hall–Kier alpha value is -0.150. The van der Waals surface area contributed by atoms with E-state index in [4.69, 9.17) is 11.6 Å². The van der Waals surface area contributed by atoms with Gasteiger partial charge in [0.2, 0.25) is 0 Å². The topological polar surface area (TPSA) is 17.8 Å². The number of halogens is 1. The van der Waals surface area contributed by atoms with Crippen LogP contribution in [0.15, 0.2) is 11.1 Å². The minimum absolute atomic E-state index is 0.642. The highest BCUT2D eigenvalue weighted by molar-refractivity contribution is 7.98. The van der Waals surface area contributed by atoms with Crippen LogP contribution in [0.2, 0.25) is 5.15 Å². The van der Waals surface area contributed by atoms with Crippen LogP contribution in [0, 0.1) is 5.92 Å². The van der Waals surface area contributed by atoms with Gasteiger partial charge in [0.1, 0.15) is 0 Å². The monoisotopic (exact) mass is 202 g/mol. The fourth-order valence-electron chi connectivity index (χ4n) is 1.17. The summed E-state index contributed by atoms with van der Waals surface area (Å²) >= 11 is 7.54. The van der Waals surface area contributed by atoms with E-state index in [1.807, 2.05) is 17.1 Å². The molecule has 1 aromatic heterocycles. The average Bonchev–Trinajstić information content (AvgIpc) is 2.76. The Kier molecular flexibility index (Phi) is 2.33. The van der Waals surface area contributed by atoms with Crippen molar-refractivity contribution in [2.24, 2.45) is 5.92 Å². The Morgan fingerprint density at radius 1 is 1.75 bits per heavy atom. The second-order valence-electron chi connectivity index (χ2n) is 3.15. The van der Waals surface area contributed by atoms with Gasteiger partial charge in [0, 0.05) is 12.7 Å². The maximum atomic E-state index is 5.90. The van der Waals surface area contributed by atoms with Crippen molar-refractivity contribution in [3.8, 4) is 0 Å². The molecular formula is C8H11ClN2S. The van der Waals surface area contributed by atoms with Crippen LogP contribution < -0.4 is 0 Å². The molecule has 1 saturated carbocycles. The zero-order valence-electron chi connectivity index (χ0n) is 6.96. The van der Waals surface area contributed by atoms with Gasteiger partial charge in [-0.15, -0.1) is 11.8 Å². The van der Waals surface area contributed by atoms with Crippen molar-refractivity contribution in [1.82, 2.24) is 9.78 Å². The van der Waals surface area contributed by atoms with E-state index in [1.54, 1.807) is 11.8 Å². The minimum Gasteiger partial charge on any atom is -0.270 e. The molecule has 4 heteroatoms. The molecule has 1 aromatic rings. The van der Waals surface area contributed by atoms with Gasteiger partial charge in [-0.05, 0) is 25.0 Å². The summed E-state index contributed by atoms with van der Waals surface area (Å²) in [6.07, 6.45) is 6.76. The Morgan fingerprint density at radius 2 is 2.50 bits per heavy atom. The quantitative estimate of drug-likeness (QED) is 0.702. The highest BCUT2D eigenvalue weighted by Gasteiger charge is 2.22. The second kappa shape index (κ2) is 3.30. The van der Waals surface area contributed by atoms with E-state index >= 15 is 0 Å². The third-order valence-electron chi connectivity index (χ3n) is 2.05. The third kappa shape index (κ3) is 1.77. The summed E-state index contributed by atoms with van der Waals surface area (Å²) in [5.41, 5.74) is 0. The number of hydrogen-bond acceptors (Lipinski definition) is 2. The molecule has 0 N–H and O–H groups in total. The third-order valence-corrected chi connectivity index (χ3v) is 3.18. The average molecular weight is 203 g/mol. The number of thioether (sulfide) groups is 1. The van der Waals surface area contributed by atoms with Crippen molar-refractivity contribution in [2.45, 2.75) is 24.3 Å². The Morgan fingerprint density at radius 3 is 3.00 bits per heavy atom. The zero-order chi connectivity index (χ0) is 8.55. The van der Waals surface area contributed by atoms with Crippen molar-refractivity contribution in [3.05, 3.63) is 11.3 Å². The molecule has 0 atom stereocenters. The van der Waals surface area contributed by atoms with E-state index in [9.17, 15) is 0 Å². The van der Waals surface area contributed by atoms with Crippen molar-refractivity contribution in [3.63, 3.8) is 0 Å². The molecule has 66 valence electrons. The predicted octanol–water partition coefficient (Wildman–Crippen LogP) is 2.67. The molecule has 0 amide bonds. The molecule has 1 heterocycles. The van der Waals surface area contributed by atoms with E-state index in [2.05, 4.69) is 5.10 Å². The van der Waals surface area contributed by atoms with Gasteiger partial charge in [-0.1, -0.05) is 11.6 Å². The molecule has 12 heavy (non-hydrogen) atoms. The first-order valence-corrected chi connectivity index (χ1v) is 5.67. The van der Waals surface area contributed by atoms with Gasteiger partial charge in [0.15, 0.2) is 5.15 Å². The van der Waals surface area contributed by atoms with E-state index in [0.29, 0.717) is 5.15 Å². The van der Waals surface area contributed by atoms with Crippen LogP contribution in [0.4, 0.5) is 0 Å². The van der Waals surface area contributed by atoms with Crippen LogP contribution in [0.25, 0.3) is 0 Å². The summed E-state index contributed by atoms with van der Waals surface area (Å²) in [6.45, 7) is 1.04. The molecule has 0 saturated heterocycles. The second-order valence-corrected chi connectivity index (χ2v) is 4.36. The maximum absolute atomic E-state index is 5.90. The molecule has 0 bridgehead atoms. The Bertz CT molecular complexity index is 281. The SMILES string of the molecule is CSc1cn(CC2CC2)nc1Cl. The number of rotatable bonds is 3. The lowest BCUT2D eigenvalue weighted by molar-refractivity contribution is 0.562. The van der Waals surface area contributed by atoms with Gasteiger partial charge < -0.3 is 0 Å². The molecular weight excluding hydrogens is 192 g/mol. The van der Waals surface area contributed by atoms with E-state index in [-0.39, 0.29) is 0 Å². The lowest BCUT2D eigenvalue weighted by Gasteiger charge is -1.95. The van der Waals surface area contributed by atoms with Gasteiger partial charge in [-0.2, -0.15) is 5.10 Å². The molecule has 1 fully saturated rings. The Labute approximate surface area is 81.3 Å². The highest BCUT2D eigenvalue weighted by Crippen LogP contribution is 2.31. The van der Waals surface area contributed by atoms with Gasteiger partial charge >= 0.3 is 0 Å². The standard InChI is InChI=1S/C8H11ClN2S/c1-12-7-5-11(10-8(7)9)4-6-2-3-6/h5-6H,2-4H2,1H3. The lowest BCUT2D eigenvalue weighted by Crippen LogP contribution is -1.99. The molecule has 2 rings (SSSR count). The van der Waals surface area contributed by atoms with Crippen LogP contribution in [-0.4, -0.2) is 16.0 Å². The molecule has 0 radical (unpaired) electrons. The van der Waals surface area contributed by atoms with Gasteiger partial charge in [0.25, 0.3) is 0 Å². The van der Waals surface area contributed by atoms with Crippen LogP contribution in [0.3, 0.4) is 0 Å². The van der Waals surface area contributed by atoms with Crippen molar-refractivity contribution in [1.29, 1.82) is 0 Å². The van der Waals surface area contributed by atoms with Crippen LogP contribution in [0.1, 0.15) is 12.8 Å². The first-order chi connectivity index (χ1) is 5.79. The summed E-state index contributed by atoms with van der Waals surface area (Å²) in [4.78, 5) is 1.08. The van der Waals surface area contributed by atoms with E-state index in [0.717, 1.165) is 17.4 Å². The van der Waals surface area contributed by atoms with Crippen LogP contribution in [-0.2, 0) is 6.54 Å². The molecule has 0 aliphatic heterocycles. The summed E-state index contributed by atoms with van der Waals surface area (Å²) < 4.78 is 1.96.